The summed E-state index contributed by atoms with van der Waals surface area (Å²) in [6.07, 6.45) is 11.3. The predicted octanol–water partition coefficient (Wildman–Crippen LogP) is 13.4. The largest absolute Gasteiger partial charge is 0.493 e. The number of hydrogen-bond donors (Lipinski definition) is 7. The minimum absolute atomic E-state index is 0.0107. The molecule has 4 aliphatic heterocycles. The van der Waals surface area contributed by atoms with E-state index >= 15 is 0 Å². The van der Waals surface area contributed by atoms with Gasteiger partial charge in [-0.2, -0.15) is 21.0 Å². The molecule has 8 fully saturated rings. The second-order valence-corrected chi connectivity index (χ2v) is 30.4. The summed E-state index contributed by atoms with van der Waals surface area (Å²) in [5, 5.41) is 78.2. The molecule has 7 N–H and O–H groups in total. The Balaban J connectivity index is 0.000000136. The van der Waals surface area contributed by atoms with Gasteiger partial charge in [0.25, 0.3) is 0 Å². The number of benzene rings is 7. The number of carbonyl (C=O) groups excluding carboxylic acids is 5. The number of rotatable bonds is 22. The van der Waals surface area contributed by atoms with Crippen molar-refractivity contribution in [2.75, 3.05) is 92.6 Å². The molecular formula is C91H94FN11O14. The second-order valence-electron chi connectivity index (χ2n) is 30.4. The number of nitriles is 4. The monoisotopic (exact) mass is 1580 g/mol. The van der Waals surface area contributed by atoms with Crippen LogP contribution in [0.4, 0.5) is 32.8 Å². The maximum absolute atomic E-state index is 14.6. The Morgan fingerprint density at radius 3 is 1.47 bits per heavy atom. The molecule has 117 heavy (non-hydrogen) atoms. The normalized spacial score (nSPS) is 19.4. The zero-order chi connectivity index (χ0) is 81.9. The Hall–Kier alpha value is -12.3. The molecule has 26 heteroatoms. The average Bonchev–Trinajstić information content (AvgIpc) is 1.12. The molecule has 5 amide bonds. The molecule has 0 bridgehead atoms. The Morgan fingerprint density at radius 1 is 0.496 bits per heavy atom. The maximum atomic E-state index is 14.6. The molecule has 0 radical (unpaired) electrons. The van der Waals surface area contributed by atoms with Crippen LogP contribution < -0.4 is 45.1 Å². The zero-order valence-corrected chi connectivity index (χ0v) is 65.1. The smallest absolute Gasteiger partial charge is 0.248 e. The highest BCUT2D eigenvalue weighted by Gasteiger charge is 2.37. The van der Waals surface area contributed by atoms with Crippen LogP contribution in [-0.4, -0.2) is 158 Å². The lowest BCUT2D eigenvalue weighted by atomic mass is 9.82. The first-order valence-corrected chi connectivity index (χ1v) is 40.0. The van der Waals surface area contributed by atoms with Crippen LogP contribution in [0.25, 0.3) is 44.6 Å². The number of aromatic nitrogens is 1. The molecule has 0 unspecified atom stereocenters. The van der Waals surface area contributed by atoms with E-state index in [0.717, 1.165) is 145 Å². The van der Waals surface area contributed by atoms with Crippen molar-refractivity contribution in [1.29, 1.82) is 21.0 Å². The number of likely N-dealkylation sites (tertiary alicyclic amines) is 1. The lowest BCUT2D eigenvalue weighted by Gasteiger charge is -2.34. The maximum Gasteiger partial charge on any atom is 0.248 e. The van der Waals surface area contributed by atoms with E-state index in [1.54, 1.807) is 67.9 Å². The number of aliphatic hydroxyl groups is 3. The van der Waals surface area contributed by atoms with Crippen molar-refractivity contribution in [1.82, 2.24) is 9.88 Å². The third-order valence-corrected chi connectivity index (χ3v) is 21.8. The molecule has 25 nitrogen and oxygen atoms in total. The number of nitrogens with one attached hydrogen (secondary N) is 4. The first-order chi connectivity index (χ1) is 57.0. The zero-order valence-electron chi connectivity index (χ0n) is 65.1. The molecule has 0 spiro atoms. The van der Waals surface area contributed by atoms with Gasteiger partial charge in [0.05, 0.1) is 92.5 Å². The van der Waals surface area contributed by atoms with Crippen LogP contribution in [0.15, 0.2) is 158 Å². The standard InChI is InChI=1S/C25H26FN3O5.C23H24N2O4.C22H23N3O2.C21H21N3O3/c26-21-13-29(24(32)14-30)7-6-23(21)34-22-5-4-16(8-18(22)12-27)15-2-1-3-19(9-15)28-25(33)17-10-20(31)11-17;1-27-21-13-17(11-18(14-24)22(21)29-20-7-9-28-10-8-20)16-3-2-4-19(12-16)25-23(26)15-5-6-15;23-13-18-11-17(8-9-21(18)25-10-2-5-20(25)14-26)16-3-1-4-19(12-16)24-22(27)15-6-7-15;22-13-16-11-15(3-4-20(16)27-18-6-9-26-10-7-18)19-12-17(5-8-23-19)24-21(25)14-1-2-14/h1-5,8-9,17,20-21,23,30-31H,6-7,10-11,13-14H2,(H,28,33);2-4,11-13,15,20H,5-10H2,1H3,(H,25,26);1,3-4,8-9,11-12,15,20,26H,2,5-7,10,14H2,(H,24,27);3-5,8,11-12,14,18H,1-2,6-7,9-10H2,(H,23,24,25)/t17?,20?,21-,23+;;20-;/m1.0./s1. The third-order valence-electron chi connectivity index (χ3n) is 21.8. The molecule has 4 saturated carbocycles. The molecule has 7 aromatic carbocycles. The van der Waals surface area contributed by atoms with Crippen LogP contribution in [0.5, 0.6) is 23.0 Å². The summed E-state index contributed by atoms with van der Waals surface area (Å²) in [5.74, 6) is 1.68. The summed E-state index contributed by atoms with van der Waals surface area (Å²) in [6, 6.07) is 55.2. The van der Waals surface area contributed by atoms with Gasteiger partial charge in [-0.3, -0.25) is 29.0 Å². The Labute approximate surface area is 678 Å². The highest BCUT2D eigenvalue weighted by atomic mass is 19.1. The van der Waals surface area contributed by atoms with Crippen LogP contribution in [-0.2, 0) is 33.4 Å². The summed E-state index contributed by atoms with van der Waals surface area (Å²) in [5.41, 5.74) is 12.2. The number of piperidine rings is 1. The number of hydrogen-bond acceptors (Lipinski definition) is 20. The van der Waals surface area contributed by atoms with Crippen molar-refractivity contribution < 1.29 is 72.1 Å². The highest BCUT2D eigenvalue weighted by molar-refractivity contribution is 5.97. The van der Waals surface area contributed by atoms with Gasteiger partial charge in [0.15, 0.2) is 17.7 Å². The fourth-order valence-electron chi connectivity index (χ4n) is 14.6. The van der Waals surface area contributed by atoms with E-state index in [1.807, 2.05) is 97.1 Å². The number of pyridine rings is 1. The molecule has 8 aliphatic rings. The summed E-state index contributed by atoms with van der Waals surface area (Å²) in [4.78, 5) is 67.7. The first-order valence-electron chi connectivity index (χ1n) is 40.0. The predicted molar refractivity (Wildman–Crippen MR) is 436 cm³/mol. The minimum Gasteiger partial charge on any atom is -0.493 e. The number of carbonyl (C=O) groups is 5. The van der Waals surface area contributed by atoms with Gasteiger partial charge in [-0.15, -0.1) is 0 Å². The van der Waals surface area contributed by atoms with E-state index in [9.17, 15) is 59.6 Å². The van der Waals surface area contributed by atoms with Gasteiger partial charge in [-0.25, -0.2) is 4.39 Å². The van der Waals surface area contributed by atoms with Gasteiger partial charge in [-0.05, 0) is 201 Å². The molecule has 1 aromatic heterocycles. The Morgan fingerprint density at radius 2 is 0.966 bits per heavy atom. The second kappa shape index (κ2) is 39.4. The van der Waals surface area contributed by atoms with E-state index in [4.69, 9.17) is 33.5 Å². The lowest BCUT2D eigenvalue weighted by molar-refractivity contribution is -0.138. The fraction of sp³-hybridized carbons (Fsp3) is 0.385. The van der Waals surface area contributed by atoms with Crippen LogP contribution in [0.1, 0.15) is 119 Å². The van der Waals surface area contributed by atoms with Crippen LogP contribution in [0.2, 0.25) is 0 Å². The van der Waals surface area contributed by atoms with Crippen molar-refractivity contribution in [2.45, 2.75) is 133 Å². The lowest BCUT2D eigenvalue weighted by Crippen LogP contribution is -2.50. The Bertz CT molecular complexity index is 5080. The quantitative estimate of drug-likeness (QED) is 0.0331. The molecule has 604 valence electrons. The number of nitrogens with zero attached hydrogens (tertiary/aromatic N) is 7. The van der Waals surface area contributed by atoms with Gasteiger partial charge in [0.1, 0.15) is 60.7 Å². The van der Waals surface area contributed by atoms with Crippen LogP contribution in [0.3, 0.4) is 0 Å². The van der Waals surface area contributed by atoms with Gasteiger partial charge in [0.2, 0.25) is 29.5 Å². The highest BCUT2D eigenvalue weighted by Crippen LogP contribution is 2.41. The van der Waals surface area contributed by atoms with Crippen molar-refractivity contribution in [2.24, 2.45) is 23.7 Å². The van der Waals surface area contributed by atoms with Crippen LogP contribution in [0, 0.1) is 69.0 Å². The molecular weight excluding hydrogens is 1490 g/mol. The van der Waals surface area contributed by atoms with Crippen molar-refractivity contribution >= 4 is 58.0 Å². The van der Waals surface area contributed by atoms with E-state index in [2.05, 4.69) is 55.4 Å². The molecule has 8 aromatic rings. The molecule has 3 atom stereocenters. The number of aliphatic hydroxyl groups excluding tert-OH is 3. The molecule has 4 saturated heterocycles. The van der Waals surface area contributed by atoms with Crippen molar-refractivity contribution in [3.05, 3.63) is 180 Å². The first kappa shape index (κ1) is 82.7. The summed E-state index contributed by atoms with van der Waals surface area (Å²) < 4.78 is 48.8. The average molecular weight is 1580 g/mol. The third kappa shape index (κ3) is 22.0. The van der Waals surface area contributed by atoms with Crippen LogP contribution >= 0.6 is 0 Å². The number of alkyl halides is 1. The van der Waals surface area contributed by atoms with E-state index in [-0.39, 0.29) is 103 Å². The Kier molecular flexibility index (Phi) is 27.8. The number of amides is 5. The summed E-state index contributed by atoms with van der Waals surface area (Å²) in [7, 11) is 1.57. The van der Waals surface area contributed by atoms with Gasteiger partial charge in [-0.1, -0.05) is 48.5 Å². The number of ether oxygens (including phenoxy) is 6. The SMILES string of the molecule is COc1cc(-c2cccc(NC(=O)C3CC3)c2)cc(C#N)c1OC1CCOCC1.N#Cc1cc(-c2cc(NC(=O)C3CC3)ccn2)ccc1OC1CCOCC1.N#Cc1cc(-c2cccc(NC(=O)C3CC(O)C3)c2)ccc1O[C@H]1CCN(C(=O)CO)C[C@H]1F.N#Cc1cc(-c2cccc(NC(=O)C3CC3)c2)ccc1N1CCC[C@H]1CO. The van der Waals surface area contributed by atoms with E-state index in [0.29, 0.717) is 84.6 Å². The number of anilines is 5. The summed E-state index contributed by atoms with van der Waals surface area (Å²) >= 11 is 0. The van der Waals surface area contributed by atoms with Gasteiger partial charge < -0.3 is 74.8 Å². The summed E-state index contributed by atoms with van der Waals surface area (Å²) in [6.45, 7) is 3.11. The molecule has 16 rings (SSSR count). The topological polar surface area (TPSA) is 364 Å². The fourth-order valence-corrected chi connectivity index (χ4v) is 14.6. The number of halogens is 1. The number of methoxy groups -OCH3 is 1. The van der Waals surface area contributed by atoms with E-state index in [1.165, 1.54) is 4.90 Å². The minimum atomic E-state index is -1.44. The molecule has 5 heterocycles. The van der Waals surface area contributed by atoms with Gasteiger partial charge in [0, 0.05) is 103 Å². The van der Waals surface area contributed by atoms with Gasteiger partial charge >= 0.3 is 0 Å². The van der Waals surface area contributed by atoms with Crippen molar-refractivity contribution in [3.8, 4) is 91.9 Å². The van der Waals surface area contributed by atoms with Crippen molar-refractivity contribution in [3.63, 3.8) is 0 Å². The van der Waals surface area contributed by atoms with E-state index < -0.39 is 30.9 Å². The molecule has 4 aliphatic carbocycles.